The van der Waals surface area contributed by atoms with E-state index in [1.54, 1.807) is 13.1 Å². The molecule has 4 nitrogen and oxygen atoms in total. The lowest BCUT2D eigenvalue weighted by Gasteiger charge is -2.29. The standard InChI is InChI=1S/C21H19N3O/c1-15(25)16-5-4-6-17(11-16)18-8-9-19-14-24(23-13-20(19)12-18)21-7-2-3-10-22-21/h2-7,10-14,23H,8-9H2,1H3. The third-order valence-corrected chi connectivity index (χ3v) is 4.54. The van der Waals surface area contributed by atoms with E-state index in [9.17, 15) is 4.79 Å². The summed E-state index contributed by atoms with van der Waals surface area (Å²) in [7, 11) is 0. The van der Waals surface area contributed by atoms with Crippen molar-refractivity contribution in [2.45, 2.75) is 19.8 Å². The Balaban J connectivity index is 1.61. The fraction of sp³-hybridized carbons (Fsp3) is 0.143. The van der Waals surface area contributed by atoms with Crippen LogP contribution in [-0.2, 0) is 0 Å². The minimum Gasteiger partial charge on any atom is -0.300 e. The van der Waals surface area contributed by atoms with E-state index in [0.29, 0.717) is 0 Å². The largest absolute Gasteiger partial charge is 0.300 e. The number of carbonyl (C=O) groups excluding carboxylic acids is 1. The van der Waals surface area contributed by atoms with Crippen LogP contribution < -0.4 is 10.4 Å². The molecule has 124 valence electrons. The van der Waals surface area contributed by atoms with E-state index in [1.165, 1.54) is 16.7 Å². The van der Waals surface area contributed by atoms with Gasteiger partial charge < -0.3 is 0 Å². The average Bonchev–Trinajstić information content (AvgIpc) is 2.68. The highest BCUT2D eigenvalue weighted by Crippen LogP contribution is 2.35. The summed E-state index contributed by atoms with van der Waals surface area (Å²) >= 11 is 0. The van der Waals surface area contributed by atoms with Crippen molar-refractivity contribution in [3.63, 3.8) is 0 Å². The molecule has 0 spiro atoms. The second-order valence-corrected chi connectivity index (χ2v) is 6.25. The molecule has 0 bridgehead atoms. The number of aromatic nitrogens is 1. The van der Waals surface area contributed by atoms with Gasteiger partial charge in [0, 0.05) is 24.2 Å². The molecule has 0 unspecified atom stereocenters. The predicted molar refractivity (Wildman–Crippen MR) is 99.7 cm³/mol. The highest BCUT2D eigenvalue weighted by atomic mass is 16.1. The summed E-state index contributed by atoms with van der Waals surface area (Å²) in [5.41, 5.74) is 8.89. The Labute approximate surface area is 147 Å². The average molecular weight is 329 g/mol. The first-order valence-electron chi connectivity index (χ1n) is 8.40. The Morgan fingerprint density at radius 2 is 2.00 bits per heavy atom. The number of Topliss-reactive ketones (excluding diaryl/α,β-unsaturated/α-hetero) is 1. The molecule has 0 fully saturated rings. The van der Waals surface area contributed by atoms with Gasteiger partial charge in [-0.15, -0.1) is 0 Å². The van der Waals surface area contributed by atoms with Gasteiger partial charge in [-0.1, -0.05) is 24.3 Å². The third-order valence-electron chi connectivity index (χ3n) is 4.54. The van der Waals surface area contributed by atoms with Crippen LogP contribution >= 0.6 is 0 Å². The minimum absolute atomic E-state index is 0.100. The highest BCUT2D eigenvalue weighted by molar-refractivity contribution is 5.95. The van der Waals surface area contributed by atoms with Crippen molar-refractivity contribution in [3.8, 4) is 0 Å². The van der Waals surface area contributed by atoms with E-state index in [1.807, 2.05) is 47.6 Å². The zero-order valence-electron chi connectivity index (χ0n) is 14.1. The Morgan fingerprint density at radius 3 is 2.80 bits per heavy atom. The molecule has 25 heavy (non-hydrogen) atoms. The highest BCUT2D eigenvalue weighted by Gasteiger charge is 2.19. The Kier molecular flexibility index (Phi) is 3.94. The zero-order valence-corrected chi connectivity index (χ0v) is 14.1. The summed E-state index contributed by atoms with van der Waals surface area (Å²) in [6.45, 7) is 1.61. The number of nitrogens with one attached hydrogen (secondary N) is 1. The summed E-state index contributed by atoms with van der Waals surface area (Å²) in [6.07, 6.45) is 10.0. The van der Waals surface area contributed by atoms with Crippen LogP contribution in [0.25, 0.3) is 5.57 Å². The number of hydrogen-bond acceptors (Lipinski definition) is 4. The summed E-state index contributed by atoms with van der Waals surface area (Å²) in [6, 6.07) is 13.7. The number of carbonyl (C=O) groups is 1. The van der Waals surface area contributed by atoms with Crippen LogP contribution in [0.1, 0.15) is 35.7 Å². The van der Waals surface area contributed by atoms with Crippen molar-refractivity contribution in [3.05, 3.63) is 89.4 Å². The Bertz CT molecular complexity index is 910. The van der Waals surface area contributed by atoms with Gasteiger partial charge in [0.05, 0.1) is 0 Å². The monoisotopic (exact) mass is 329 g/mol. The molecule has 0 saturated carbocycles. The van der Waals surface area contributed by atoms with Gasteiger partial charge in [0.25, 0.3) is 0 Å². The van der Waals surface area contributed by atoms with Gasteiger partial charge in [0.15, 0.2) is 11.6 Å². The Hall–Kier alpha value is -3.14. The van der Waals surface area contributed by atoms with E-state index in [2.05, 4.69) is 28.8 Å². The first kappa shape index (κ1) is 15.4. The van der Waals surface area contributed by atoms with E-state index in [0.717, 1.165) is 29.8 Å². The number of rotatable bonds is 3. The number of anilines is 1. The van der Waals surface area contributed by atoms with E-state index < -0.39 is 0 Å². The number of benzene rings is 1. The van der Waals surface area contributed by atoms with Crippen molar-refractivity contribution < 1.29 is 4.79 Å². The minimum atomic E-state index is 0.100. The maximum Gasteiger partial charge on any atom is 0.159 e. The van der Waals surface area contributed by atoms with Crippen LogP contribution in [0.15, 0.2) is 78.3 Å². The molecule has 2 aromatic rings. The molecule has 1 N–H and O–H groups in total. The van der Waals surface area contributed by atoms with E-state index >= 15 is 0 Å². The molecule has 2 heterocycles. The van der Waals surface area contributed by atoms with Crippen LogP contribution in [0.3, 0.4) is 0 Å². The Morgan fingerprint density at radius 1 is 1.12 bits per heavy atom. The van der Waals surface area contributed by atoms with Gasteiger partial charge in [-0.25, -0.2) is 9.99 Å². The maximum absolute atomic E-state index is 11.6. The lowest BCUT2D eigenvalue weighted by atomic mass is 9.87. The van der Waals surface area contributed by atoms with Gasteiger partial charge >= 0.3 is 0 Å². The second kappa shape index (κ2) is 6.40. The van der Waals surface area contributed by atoms with Crippen LogP contribution in [0.4, 0.5) is 5.82 Å². The number of nitrogens with zero attached hydrogens (tertiary/aromatic N) is 2. The lowest BCUT2D eigenvalue weighted by molar-refractivity contribution is 0.101. The smallest absolute Gasteiger partial charge is 0.159 e. The lowest BCUT2D eigenvalue weighted by Crippen LogP contribution is -2.33. The quantitative estimate of drug-likeness (QED) is 0.855. The van der Waals surface area contributed by atoms with Gasteiger partial charge in [0.1, 0.15) is 0 Å². The molecule has 1 aliphatic heterocycles. The number of ketones is 1. The molecule has 0 saturated heterocycles. The number of pyridine rings is 1. The van der Waals surface area contributed by atoms with Gasteiger partial charge in [-0.3, -0.25) is 10.2 Å². The van der Waals surface area contributed by atoms with Crippen LogP contribution in [0.2, 0.25) is 0 Å². The molecule has 0 radical (unpaired) electrons. The molecular weight excluding hydrogens is 310 g/mol. The normalized spacial score (nSPS) is 16.2. The topological polar surface area (TPSA) is 45.2 Å². The van der Waals surface area contributed by atoms with Crippen LogP contribution in [-0.4, -0.2) is 10.8 Å². The maximum atomic E-state index is 11.6. The summed E-state index contributed by atoms with van der Waals surface area (Å²) < 4.78 is 0. The fourth-order valence-corrected chi connectivity index (χ4v) is 3.17. The molecule has 4 heteroatoms. The molecule has 4 rings (SSSR count). The summed E-state index contributed by atoms with van der Waals surface area (Å²) in [4.78, 5) is 16.0. The molecule has 1 aromatic carbocycles. The molecule has 1 aromatic heterocycles. The first-order chi connectivity index (χ1) is 12.2. The van der Waals surface area contributed by atoms with Crippen molar-refractivity contribution in [2.24, 2.45) is 0 Å². The first-order valence-corrected chi connectivity index (χ1v) is 8.40. The SMILES string of the molecule is CC(=O)c1cccc(C2=CC3=CNN(c4ccccn4)C=C3CC2)c1. The van der Waals surface area contributed by atoms with Gasteiger partial charge in [0.2, 0.25) is 0 Å². The van der Waals surface area contributed by atoms with Crippen molar-refractivity contribution >= 4 is 17.2 Å². The summed E-state index contributed by atoms with van der Waals surface area (Å²) in [5.74, 6) is 0.970. The number of allylic oxidation sites excluding steroid dienone is 4. The fourth-order valence-electron chi connectivity index (χ4n) is 3.17. The van der Waals surface area contributed by atoms with Crippen molar-refractivity contribution in [1.82, 2.24) is 10.4 Å². The van der Waals surface area contributed by atoms with E-state index in [-0.39, 0.29) is 5.78 Å². The van der Waals surface area contributed by atoms with Crippen LogP contribution in [0.5, 0.6) is 0 Å². The molecule has 0 atom stereocenters. The molecule has 2 aliphatic rings. The molecular formula is C21H19N3O. The van der Waals surface area contributed by atoms with Gasteiger partial charge in [-0.2, -0.15) is 0 Å². The number of hydrazine groups is 1. The predicted octanol–water partition coefficient (Wildman–Crippen LogP) is 4.25. The molecule has 0 amide bonds. The van der Waals surface area contributed by atoms with E-state index in [4.69, 9.17) is 0 Å². The number of hydrogen-bond donors (Lipinski definition) is 1. The van der Waals surface area contributed by atoms with Gasteiger partial charge in [-0.05, 0) is 66.3 Å². The van der Waals surface area contributed by atoms with Crippen molar-refractivity contribution in [1.29, 1.82) is 0 Å². The number of fused-ring (bicyclic) bond motifs is 1. The second-order valence-electron chi connectivity index (χ2n) is 6.25. The summed E-state index contributed by atoms with van der Waals surface area (Å²) in [5, 5.41) is 1.94. The zero-order chi connectivity index (χ0) is 17.2. The third kappa shape index (κ3) is 3.11. The molecule has 1 aliphatic carbocycles. The van der Waals surface area contributed by atoms with Crippen LogP contribution in [0, 0.1) is 0 Å². The van der Waals surface area contributed by atoms with Crippen molar-refractivity contribution in [2.75, 3.05) is 5.01 Å².